The fraction of sp³-hybridized carbons (Fsp3) is 0. The minimum atomic E-state index is -0.162. The van der Waals surface area contributed by atoms with E-state index in [4.69, 9.17) is 0 Å². The van der Waals surface area contributed by atoms with Gasteiger partial charge in [0.1, 0.15) is 5.82 Å². The number of hydrogen-bond donors (Lipinski definition) is 2. The Morgan fingerprint density at radius 3 is 2.93 bits per heavy atom. The first-order valence-electron chi connectivity index (χ1n) is 4.21. The van der Waals surface area contributed by atoms with Gasteiger partial charge in [-0.3, -0.25) is 4.79 Å². The molecule has 0 aliphatic carbocycles. The highest BCUT2D eigenvalue weighted by Gasteiger charge is 2.05. The molecule has 2 heterocycles. The Kier molecular flexibility index (Phi) is 2.27. The van der Waals surface area contributed by atoms with Gasteiger partial charge in [-0.05, 0) is 18.2 Å². The van der Waals surface area contributed by atoms with Gasteiger partial charge in [0.05, 0.1) is 5.56 Å². The van der Waals surface area contributed by atoms with E-state index in [-0.39, 0.29) is 5.91 Å². The van der Waals surface area contributed by atoms with Crippen LogP contribution in [0, 0.1) is 0 Å². The number of rotatable bonds is 2. The molecule has 2 rings (SSSR count). The van der Waals surface area contributed by atoms with Crippen molar-refractivity contribution in [3.8, 4) is 0 Å². The van der Waals surface area contributed by atoms with Crippen LogP contribution in [0.25, 0.3) is 0 Å². The van der Waals surface area contributed by atoms with Gasteiger partial charge in [-0.25, -0.2) is 4.98 Å². The molecule has 0 spiro atoms. The zero-order valence-corrected chi connectivity index (χ0v) is 7.40. The highest BCUT2D eigenvalue weighted by molar-refractivity contribution is 6.03. The van der Waals surface area contributed by atoms with Crippen molar-refractivity contribution in [3.63, 3.8) is 0 Å². The third-order valence-electron chi connectivity index (χ3n) is 1.77. The molecule has 1 amide bonds. The molecular weight excluding hydrogens is 178 g/mol. The average Bonchev–Trinajstić information content (AvgIpc) is 2.72. The molecule has 0 bridgehead atoms. The van der Waals surface area contributed by atoms with Crippen molar-refractivity contribution in [3.05, 3.63) is 48.4 Å². The van der Waals surface area contributed by atoms with E-state index in [1.54, 1.807) is 36.8 Å². The molecule has 0 unspecified atom stereocenters. The Morgan fingerprint density at radius 1 is 1.36 bits per heavy atom. The van der Waals surface area contributed by atoms with E-state index in [2.05, 4.69) is 15.3 Å². The summed E-state index contributed by atoms with van der Waals surface area (Å²) in [7, 11) is 0. The maximum atomic E-state index is 11.5. The molecule has 0 saturated heterocycles. The van der Waals surface area contributed by atoms with Gasteiger partial charge in [0.25, 0.3) is 5.91 Å². The summed E-state index contributed by atoms with van der Waals surface area (Å²) in [6, 6.07) is 7.06. The molecule has 0 saturated carbocycles. The first kappa shape index (κ1) is 8.50. The van der Waals surface area contributed by atoms with Gasteiger partial charge in [-0.1, -0.05) is 6.07 Å². The van der Waals surface area contributed by atoms with Crippen molar-refractivity contribution >= 4 is 11.7 Å². The second kappa shape index (κ2) is 3.74. The van der Waals surface area contributed by atoms with E-state index < -0.39 is 0 Å². The van der Waals surface area contributed by atoms with Crippen LogP contribution in [-0.4, -0.2) is 15.9 Å². The summed E-state index contributed by atoms with van der Waals surface area (Å²) in [6.45, 7) is 0. The molecule has 0 aliphatic heterocycles. The van der Waals surface area contributed by atoms with E-state index in [9.17, 15) is 4.79 Å². The smallest absolute Gasteiger partial charge is 0.258 e. The summed E-state index contributed by atoms with van der Waals surface area (Å²) in [5.41, 5.74) is 0.593. The first-order valence-corrected chi connectivity index (χ1v) is 4.21. The van der Waals surface area contributed by atoms with Gasteiger partial charge >= 0.3 is 0 Å². The van der Waals surface area contributed by atoms with Crippen LogP contribution < -0.4 is 5.32 Å². The molecule has 4 nitrogen and oxygen atoms in total. The summed E-state index contributed by atoms with van der Waals surface area (Å²) in [4.78, 5) is 18.3. The fourth-order valence-electron chi connectivity index (χ4n) is 1.09. The number of hydrogen-bond acceptors (Lipinski definition) is 2. The lowest BCUT2D eigenvalue weighted by atomic mass is 10.3. The quantitative estimate of drug-likeness (QED) is 0.751. The number of aromatic amines is 1. The van der Waals surface area contributed by atoms with Crippen LogP contribution in [0.5, 0.6) is 0 Å². The van der Waals surface area contributed by atoms with Crippen LogP contribution in [-0.2, 0) is 0 Å². The SMILES string of the molecule is O=C(Nc1ccccn1)c1cc[nH]c1. The standard InChI is InChI=1S/C10H9N3O/c14-10(8-4-6-11-7-8)13-9-3-1-2-5-12-9/h1-7,11H,(H,12,13,14). The number of carbonyl (C=O) groups is 1. The van der Waals surface area contributed by atoms with Gasteiger partial charge < -0.3 is 10.3 Å². The summed E-state index contributed by atoms with van der Waals surface area (Å²) in [5, 5.41) is 2.67. The van der Waals surface area contributed by atoms with Crippen LogP contribution in [0.1, 0.15) is 10.4 Å². The van der Waals surface area contributed by atoms with Crippen molar-refractivity contribution in [2.75, 3.05) is 5.32 Å². The lowest BCUT2D eigenvalue weighted by molar-refractivity contribution is 0.102. The lowest BCUT2D eigenvalue weighted by Crippen LogP contribution is -2.11. The maximum Gasteiger partial charge on any atom is 0.258 e. The third-order valence-corrected chi connectivity index (χ3v) is 1.77. The van der Waals surface area contributed by atoms with Crippen molar-refractivity contribution in [2.24, 2.45) is 0 Å². The second-order valence-electron chi connectivity index (χ2n) is 2.77. The molecule has 2 aromatic rings. The Labute approximate surface area is 81.0 Å². The van der Waals surface area contributed by atoms with Gasteiger partial charge in [0, 0.05) is 18.6 Å². The second-order valence-corrected chi connectivity index (χ2v) is 2.77. The number of pyridine rings is 1. The Morgan fingerprint density at radius 2 is 2.29 bits per heavy atom. The summed E-state index contributed by atoms with van der Waals surface area (Å²) in [5.74, 6) is 0.392. The van der Waals surface area contributed by atoms with E-state index in [1.807, 2.05) is 6.07 Å². The predicted molar refractivity (Wildman–Crippen MR) is 53.0 cm³/mol. The average molecular weight is 187 g/mol. The van der Waals surface area contributed by atoms with Crippen LogP contribution >= 0.6 is 0 Å². The van der Waals surface area contributed by atoms with Gasteiger partial charge in [0.2, 0.25) is 0 Å². The number of anilines is 1. The van der Waals surface area contributed by atoms with E-state index in [0.717, 1.165) is 0 Å². The van der Waals surface area contributed by atoms with E-state index in [1.165, 1.54) is 0 Å². The molecule has 2 aromatic heterocycles. The first-order chi connectivity index (χ1) is 6.86. The molecule has 0 atom stereocenters. The number of carbonyl (C=O) groups excluding carboxylic acids is 1. The van der Waals surface area contributed by atoms with Crippen LogP contribution in [0.4, 0.5) is 5.82 Å². The lowest BCUT2D eigenvalue weighted by Gasteiger charge is -2.00. The van der Waals surface area contributed by atoms with Gasteiger partial charge in [-0.2, -0.15) is 0 Å². The number of nitrogens with zero attached hydrogens (tertiary/aromatic N) is 1. The molecule has 0 aliphatic rings. The minimum Gasteiger partial charge on any atom is -0.367 e. The van der Waals surface area contributed by atoms with Crippen molar-refractivity contribution < 1.29 is 4.79 Å². The fourth-order valence-corrected chi connectivity index (χ4v) is 1.09. The summed E-state index contributed by atoms with van der Waals surface area (Å²) in [6.07, 6.45) is 4.97. The Hall–Kier alpha value is -2.10. The monoisotopic (exact) mass is 187 g/mol. The third kappa shape index (κ3) is 1.80. The highest BCUT2D eigenvalue weighted by Crippen LogP contribution is 2.04. The Bertz CT molecular complexity index is 408. The van der Waals surface area contributed by atoms with Crippen LogP contribution in [0.15, 0.2) is 42.9 Å². The van der Waals surface area contributed by atoms with E-state index >= 15 is 0 Å². The zero-order valence-electron chi connectivity index (χ0n) is 7.40. The van der Waals surface area contributed by atoms with Gasteiger partial charge in [-0.15, -0.1) is 0 Å². The van der Waals surface area contributed by atoms with E-state index in [0.29, 0.717) is 11.4 Å². The topological polar surface area (TPSA) is 57.8 Å². The number of amides is 1. The predicted octanol–water partition coefficient (Wildman–Crippen LogP) is 1.66. The molecular formula is C10H9N3O. The van der Waals surface area contributed by atoms with Crippen LogP contribution in [0.3, 0.4) is 0 Å². The van der Waals surface area contributed by atoms with Crippen molar-refractivity contribution in [1.29, 1.82) is 0 Å². The molecule has 0 fully saturated rings. The van der Waals surface area contributed by atoms with Gasteiger partial charge in [0.15, 0.2) is 0 Å². The zero-order chi connectivity index (χ0) is 9.80. The number of aromatic nitrogens is 2. The molecule has 4 heteroatoms. The molecule has 0 aromatic carbocycles. The number of H-pyrrole nitrogens is 1. The number of nitrogens with one attached hydrogen (secondary N) is 2. The van der Waals surface area contributed by atoms with Crippen molar-refractivity contribution in [2.45, 2.75) is 0 Å². The van der Waals surface area contributed by atoms with Crippen LogP contribution in [0.2, 0.25) is 0 Å². The molecule has 0 radical (unpaired) electrons. The summed E-state index contributed by atoms with van der Waals surface area (Å²) < 4.78 is 0. The maximum absolute atomic E-state index is 11.5. The summed E-state index contributed by atoms with van der Waals surface area (Å²) >= 11 is 0. The molecule has 14 heavy (non-hydrogen) atoms. The highest BCUT2D eigenvalue weighted by atomic mass is 16.1. The minimum absolute atomic E-state index is 0.162. The molecule has 70 valence electrons. The molecule has 2 N–H and O–H groups in total. The normalized spacial score (nSPS) is 9.71. The Balaban J connectivity index is 2.10. The largest absolute Gasteiger partial charge is 0.367 e. The van der Waals surface area contributed by atoms with Crippen molar-refractivity contribution in [1.82, 2.24) is 9.97 Å².